The summed E-state index contributed by atoms with van der Waals surface area (Å²) in [6.45, 7) is 0. The third kappa shape index (κ3) is 3.61. The van der Waals surface area contributed by atoms with Crippen molar-refractivity contribution in [2.75, 3.05) is 5.32 Å². The zero-order valence-corrected chi connectivity index (χ0v) is 16.7. The SMILES string of the molecule is NS(=O)(=O)O[C@H]1CC[C@H](n2ccc3c(N[C@H]4CCc5ccccc54)ncnc32)C1. The second-order valence-electron chi connectivity index (χ2n) is 7.79. The molecule has 1 fully saturated rings. The van der Waals surface area contributed by atoms with Gasteiger partial charge in [0.15, 0.2) is 0 Å². The number of fused-ring (bicyclic) bond motifs is 2. The van der Waals surface area contributed by atoms with Crippen molar-refractivity contribution >= 4 is 27.2 Å². The average Bonchev–Trinajstić information content (AvgIpc) is 3.39. The Morgan fingerprint density at radius 2 is 2.00 bits per heavy atom. The number of aryl methyl sites for hydroxylation is 1. The minimum atomic E-state index is -3.93. The van der Waals surface area contributed by atoms with Crippen molar-refractivity contribution in [1.29, 1.82) is 0 Å². The highest BCUT2D eigenvalue weighted by Gasteiger charge is 2.30. The van der Waals surface area contributed by atoms with Gasteiger partial charge in [0.2, 0.25) is 0 Å². The van der Waals surface area contributed by atoms with Crippen LogP contribution in [0.1, 0.15) is 48.9 Å². The van der Waals surface area contributed by atoms with Crippen molar-refractivity contribution in [2.24, 2.45) is 5.14 Å². The number of hydrogen-bond acceptors (Lipinski definition) is 6. The van der Waals surface area contributed by atoms with Gasteiger partial charge in [0.1, 0.15) is 17.8 Å². The molecule has 2 aromatic heterocycles. The number of nitrogens with two attached hydrogens (primary N) is 1. The van der Waals surface area contributed by atoms with Gasteiger partial charge in [-0.15, -0.1) is 0 Å². The molecule has 1 saturated carbocycles. The van der Waals surface area contributed by atoms with Crippen molar-refractivity contribution < 1.29 is 12.6 Å². The first-order valence-corrected chi connectivity index (χ1v) is 11.3. The van der Waals surface area contributed by atoms with E-state index in [1.807, 2.05) is 12.3 Å². The van der Waals surface area contributed by atoms with Crippen molar-refractivity contribution in [2.45, 2.75) is 50.3 Å². The van der Waals surface area contributed by atoms with Gasteiger partial charge in [-0.05, 0) is 49.3 Å². The molecule has 3 N–H and O–H groups in total. The molecule has 2 aliphatic carbocycles. The molecular formula is C20H23N5O3S. The van der Waals surface area contributed by atoms with Gasteiger partial charge in [-0.3, -0.25) is 4.18 Å². The summed E-state index contributed by atoms with van der Waals surface area (Å²) in [6, 6.07) is 10.9. The van der Waals surface area contributed by atoms with Crippen molar-refractivity contribution in [3.8, 4) is 0 Å². The molecule has 29 heavy (non-hydrogen) atoms. The summed E-state index contributed by atoms with van der Waals surface area (Å²) in [5.41, 5.74) is 3.56. The molecule has 0 unspecified atom stereocenters. The number of rotatable bonds is 5. The topological polar surface area (TPSA) is 112 Å². The van der Waals surface area contributed by atoms with Gasteiger partial charge >= 0.3 is 10.3 Å². The molecule has 2 heterocycles. The van der Waals surface area contributed by atoms with E-state index >= 15 is 0 Å². The van der Waals surface area contributed by atoms with Crippen LogP contribution in [0, 0.1) is 0 Å². The summed E-state index contributed by atoms with van der Waals surface area (Å²) in [5, 5.41) is 9.58. The molecule has 0 saturated heterocycles. The fourth-order valence-electron chi connectivity index (χ4n) is 4.70. The van der Waals surface area contributed by atoms with E-state index in [1.54, 1.807) is 6.33 Å². The van der Waals surface area contributed by atoms with Gasteiger partial charge in [0, 0.05) is 12.2 Å². The highest BCUT2D eigenvalue weighted by molar-refractivity contribution is 7.84. The largest absolute Gasteiger partial charge is 0.363 e. The van der Waals surface area contributed by atoms with Crippen molar-refractivity contribution in [1.82, 2.24) is 14.5 Å². The summed E-state index contributed by atoms with van der Waals surface area (Å²) in [7, 11) is -3.93. The third-order valence-electron chi connectivity index (χ3n) is 5.97. The van der Waals surface area contributed by atoms with Crippen molar-refractivity contribution in [3.05, 3.63) is 54.0 Å². The van der Waals surface area contributed by atoms with E-state index in [0.29, 0.717) is 12.8 Å². The van der Waals surface area contributed by atoms with Gasteiger partial charge in [-0.2, -0.15) is 8.42 Å². The van der Waals surface area contributed by atoms with Crippen LogP contribution in [0.25, 0.3) is 11.0 Å². The smallest absolute Gasteiger partial charge is 0.333 e. The van der Waals surface area contributed by atoms with Gasteiger partial charge in [-0.25, -0.2) is 15.1 Å². The van der Waals surface area contributed by atoms with Crippen LogP contribution in [0.4, 0.5) is 5.82 Å². The van der Waals surface area contributed by atoms with Gasteiger partial charge in [0.05, 0.1) is 17.5 Å². The fourth-order valence-corrected chi connectivity index (χ4v) is 5.25. The molecule has 8 nitrogen and oxygen atoms in total. The molecule has 3 aromatic rings. The van der Waals surface area contributed by atoms with Crippen LogP contribution in [-0.4, -0.2) is 29.1 Å². The van der Waals surface area contributed by atoms with Gasteiger partial charge in [-0.1, -0.05) is 24.3 Å². The lowest BCUT2D eigenvalue weighted by molar-refractivity contribution is 0.212. The Hall–Kier alpha value is -2.49. The minimum absolute atomic E-state index is 0.120. The van der Waals surface area contributed by atoms with Crippen LogP contribution in [-0.2, 0) is 20.9 Å². The second-order valence-corrected chi connectivity index (χ2v) is 8.97. The van der Waals surface area contributed by atoms with E-state index < -0.39 is 10.3 Å². The lowest BCUT2D eigenvalue weighted by Crippen LogP contribution is -2.22. The Morgan fingerprint density at radius 1 is 1.14 bits per heavy atom. The molecule has 0 amide bonds. The molecule has 3 atom stereocenters. The summed E-state index contributed by atoms with van der Waals surface area (Å²) in [4.78, 5) is 8.98. The molecule has 0 spiro atoms. The van der Waals surface area contributed by atoms with E-state index in [9.17, 15) is 8.42 Å². The Morgan fingerprint density at radius 3 is 2.86 bits per heavy atom. The van der Waals surface area contributed by atoms with Crippen molar-refractivity contribution in [3.63, 3.8) is 0 Å². The lowest BCUT2D eigenvalue weighted by Gasteiger charge is -2.16. The number of nitrogens with zero attached hydrogens (tertiary/aromatic N) is 3. The highest BCUT2D eigenvalue weighted by atomic mass is 32.2. The Balaban J connectivity index is 1.39. The minimum Gasteiger partial charge on any atom is -0.363 e. The van der Waals surface area contributed by atoms with Crippen LogP contribution < -0.4 is 10.5 Å². The Labute approximate surface area is 169 Å². The molecule has 0 radical (unpaired) electrons. The standard InChI is InChI=1S/C20H23N5O3S/c21-29(26,27)28-15-7-6-14(11-15)25-10-9-17-19(22-12-23-20(17)25)24-18-8-5-13-3-1-2-4-16(13)18/h1-4,9-10,12,14-15,18H,5-8,11H2,(H2,21,26,27)(H,22,23,24)/t14-,15-,18-/m0/s1. The number of nitrogens with one attached hydrogen (secondary N) is 1. The quantitative estimate of drug-likeness (QED) is 0.665. The van der Waals surface area contributed by atoms with Crippen LogP contribution in [0.3, 0.4) is 0 Å². The summed E-state index contributed by atoms with van der Waals surface area (Å²) >= 11 is 0. The van der Waals surface area contributed by atoms with Crippen LogP contribution in [0.2, 0.25) is 0 Å². The average molecular weight is 414 g/mol. The van der Waals surface area contributed by atoms with E-state index in [0.717, 1.165) is 36.1 Å². The van der Waals surface area contributed by atoms with E-state index in [4.69, 9.17) is 9.32 Å². The van der Waals surface area contributed by atoms with Crippen LogP contribution in [0.15, 0.2) is 42.9 Å². The summed E-state index contributed by atoms with van der Waals surface area (Å²) in [5.74, 6) is 0.825. The van der Waals surface area contributed by atoms with Gasteiger partial charge in [0.25, 0.3) is 0 Å². The molecular weight excluding hydrogens is 390 g/mol. The van der Waals surface area contributed by atoms with E-state index in [1.165, 1.54) is 11.1 Å². The van der Waals surface area contributed by atoms with Crippen LogP contribution >= 0.6 is 0 Å². The number of hydrogen-bond donors (Lipinski definition) is 2. The molecule has 2 aliphatic rings. The zero-order valence-electron chi connectivity index (χ0n) is 15.9. The third-order valence-corrected chi connectivity index (χ3v) is 6.51. The zero-order chi connectivity index (χ0) is 20.0. The number of aromatic nitrogens is 3. The fraction of sp³-hybridized carbons (Fsp3) is 0.400. The normalized spacial score (nSPS) is 24.1. The predicted molar refractivity (Wildman–Crippen MR) is 110 cm³/mol. The van der Waals surface area contributed by atoms with E-state index in [2.05, 4.69) is 44.1 Å². The molecule has 0 aliphatic heterocycles. The predicted octanol–water partition coefficient (Wildman–Crippen LogP) is 2.84. The van der Waals surface area contributed by atoms with Gasteiger partial charge < -0.3 is 9.88 Å². The molecule has 5 rings (SSSR count). The maximum atomic E-state index is 11.2. The lowest BCUT2D eigenvalue weighted by atomic mass is 10.1. The maximum Gasteiger partial charge on any atom is 0.333 e. The first-order chi connectivity index (χ1) is 14.0. The molecule has 9 heteroatoms. The molecule has 0 bridgehead atoms. The Bertz CT molecular complexity index is 1160. The maximum absolute atomic E-state index is 11.2. The molecule has 1 aromatic carbocycles. The first-order valence-electron chi connectivity index (χ1n) is 9.85. The van der Waals surface area contributed by atoms with E-state index in [-0.39, 0.29) is 18.2 Å². The van der Waals surface area contributed by atoms with Crippen LogP contribution in [0.5, 0.6) is 0 Å². The monoisotopic (exact) mass is 413 g/mol. The molecule has 152 valence electrons. The second kappa shape index (κ2) is 7.08. The Kier molecular flexibility index (Phi) is 4.53. The highest BCUT2D eigenvalue weighted by Crippen LogP contribution is 2.37. The number of benzene rings is 1. The summed E-state index contributed by atoms with van der Waals surface area (Å²) in [6.07, 6.45) is 7.34. The summed E-state index contributed by atoms with van der Waals surface area (Å²) < 4.78 is 29.5. The first kappa shape index (κ1) is 18.5. The number of anilines is 1.